The molecule has 0 saturated heterocycles. The SMILES string of the molecule is CC(C)C(NC(=O)C(N)CCCN=C(N)N)C(=O)NC(Cc1ccccc1)C(=O)NC(CS)C(=O)O. The molecule has 10 N–H and O–H groups in total. The lowest BCUT2D eigenvalue weighted by Gasteiger charge is -2.27. The van der Waals surface area contributed by atoms with Crippen LogP contribution in [0.2, 0.25) is 0 Å². The number of nitrogens with zero attached hydrogens (tertiary/aromatic N) is 1. The van der Waals surface area contributed by atoms with Crippen LogP contribution in [0.3, 0.4) is 0 Å². The van der Waals surface area contributed by atoms with E-state index >= 15 is 0 Å². The van der Waals surface area contributed by atoms with Crippen molar-refractivity contribution in [2.24, 2.45) is 28.1 Å². The van der Waals surface area contributed by atoms with Gasteiger partial charge in [-0.05, 0) is 24.3 Å². The monoisotopic (exact) mass is 523 g/mol. The second-order valence-electron chi connectivity index (χ2n) is 8.62. The fourth-order valence-electron chi connectivity index (χ4n) is 3.22. The summed E-state index contributed by atoms with van der Waals surface area (Å²) in [4.78, 5) is 53.9. The Morgan fingerprint density at radius 3 is 2.11 bits per heavy atom. The third-order valence-corrected chi connectivity index (χ3v) is 5.63. The highest BCUT2D eigenvalue weighted by molar-refractivity contribution is 7.80. The van der Waals surface area contributed by atoms with Crippen molar-refractivity contribution in [2.45, 2.75) is 57.3 Å². The van der Waals surface area contributed by atoms with Crippen LogP contribution in [-0.2, 0) is 25.6 Å². The number of thiol groups is 1. The molecule has 0 aliphatic heterocycles. The number of nitrogens with one attached hydrogen (secondary N) is 3. The molecular formula is C23H37N7O5S. The number of amides is 3. The molecule has 1 aromatic carbocycles. The van der Waals surface area contributed by atoms with Crippen molar-refractivity contribution in [3.63, 3.8) is 0 Å². The highest BCUT2D eigenvalue weighted by Gasteiger charge is 2.31. The van der Waals surface area contributed by atoms with E-state index in [1.807, 2.05) is 6.07 Å². The predicted molar refractivity (Wildman–Crippen MR) is 140 cm³/mol. The number of nitrogens with two attached hydrogens (primary N) is 3. The zero-order valence-corrected chi connectivity index (χ0v) is 21.4. The van der Waals surface area contributed by atoms with Crippen molar-refractivity contribution >= 4 is 42.3 Å². The van der Waals surface area contributed by atoms with Gasteiger partial charge in [-0.15, -0.1) is 0 Å². The van der Waals surface area contributed by atoms with Crippen molar-refractivity contribution in [3.05, 3.63) is 35.9 Å². The van der Waals surface area contributed by atoms with Crippen molar-refractivity contribution in [2.75, 3.05) is 12.3 Å². The van der Waals surface area contributed by atoms with Gasteiger partial charge in [-0.25, -0.2) is 4.79 Å². The zero-order chi connectivity index (χ0) is 27.3. The van der Waals surface area contributed by atoms with E-state index in [-0.39, 0.29) is 24.1 Å². The molecule has 1 rings (SSSR count). The number of hydrogen-bond acceptors (Lipinski definition) is 7. The quantitative estimate of drug-likeness (QED) is 0.0599. The molecule has 3 amide bonds. The number of aliphatic carboxylic acids is 1. The van der Waals surface area contributed by atoms with Crippen LogP contribution < -0.4 is 33.2 Å². The van der Waals surface area contributed by atoms with Gasteiger partial charge in [0.05, 0.1) is 6.04 Å². The molecule has 1 aromatic rings. The first kappa shape index (κ1) is 30.7. The minimum absolute atomic E-state index is 0.0531. The topological polar surface area (TPSA) is 215 Å². The van der Waals surface area contributed by atoms with E-state index in [0.717, 1.165) is 5.56 Å². The molecule has 200 valence electrons. The first-order chi connectivity index (χ1) is 17.0. The van der Waals surface area contributed by atoms with Crippen LogP contribution in [0.4, 0.5) is 0 Å². The number of carboxylic acid groups (broad SMARTS) is 1. The van der Waals surface area contributed by atoms with Gasteiger partial charge in [0.1, 0.15) is 18.1 Å². The average molecular weight is 524 g/mol. The molecule has 0 aliphatic carbocycles. The Kier molecular flexibility index (Phi) is 13.3. The second-order valence-corrected chi connectivity index (χ2v) is 8.98. The van der Waals surface area contributed by atoms with Crippen molar-refractivity contribution in [1.82, 2.24) is 16.0 Å². The molecule has 12 nitrogen and oxygen atoms in total. The first-order valence-corrected chi connectivity index (χ1v) is 12.2. The van der Waals surface area contributed by atoms with E-state index in [1.165, 1.54) is 0 Å². The van der Waals surface area contributed by atoms with Gasteiger partial charge in [0.2, 0.25) is 17.7 Å². The maximum Gasteiger partial charge on any atom is 0.327 e. The Labute approximate surface area is 216 Å². The van der Waals surface area contributed by atoms with E-state index in [0.29, 0.717) is 19.4 Å². The zero-order valence-electron chi connectivity index (χ0n) is 20.5. The Balaban J connectivity index is 2.95. The molecule has 36 heavy (non-hydrogen) atoms. The summed E-state index contributed by atoms with van der Waals surface area (Å²) in [5.41, 5.74) is 17.2. The molecule has 0 spiro atoms. The summed E-state index contributed by atoms with van der Waals surface area (Å²) in [6, 6.07) is 4.75. The highest BCUT2D eigenvalue weighted by Crippen LogP contribution is 2.08. The summed E-state index contributed by atoms with van der Waals surface area (Å²) in [6.45, 7) is 3.79. The Morgan fingerprint density at radius 2 is 1.58 bits per heavy atom. The smallest absolute Gasteiger partial charge is 0.327 e. The lowest BCUT2D eigenvalue weighted by molar-refractivity contribution is -0.141. The number of benzene rings is 1. The first-order valence-electron chi connectivity index (χ1n) is 11.6. The van der Waals surface area contributed by atoms with E-state index in [2.05, 4.69) is 33.6 Å². The van der Waals surface area contributed by atoms with E-state index < -0.39 is 47.9 Å². The standard InChI is InChI=1S/C23H37N7O5S/c1-13(2)18(30-19(31)15(24)9-6-10-27-23(25)26)21(33)28-16(11-14-7-4-3-5-8-14)20(32)29-17(12-36)22(34)35/h3-5,7-8,13,15-18,36H,6,9-12,24H2,1-2H3,(H,28,33)(H,29,32)(H,30,31)(H,34,35)(H4,25,26,27). The van der Waals surface area contributed by atoms with Gasteiger partial charge in [0.15, 0.2) is 5.96 Å². The molecule has 4 atom stereocenters. The van der Waals surface area contributed by atoms with E-state index in [4.69, 9.17) is 17.2 Å². The largest absolute Gasteiger partial charge is 0.480 e. The van der Waals surface area contributed by atoms with Crippen molar-refractivity contribution < 1.29 is 24.3 Å². The number of carbonyl (C=O) groups excluding carboxylic acids is 3. The minimum atomic E-state index is -1.25. The van der Waals surface area contributed by atoms with E-state index in [9.17, 15) is 24.3 Å². The third-order valence-electron chi connectivity index (χ3n) is 5.26. The Hall–Kier alpha value is -3.32. The fourth-order valence-corrected chi connectivity index (χ4v) is 3.47. The molecule has 0 aromatic heterocycles. The predicted octanol–water partition coefficient (Wildman–Crippen LogP) is -1.27. The Morgan fingerprint density at radius 1 is 0.972 bits per heavy atom. The van der Waals surface area contributed by atoms with Crippen LogP contribution in [0.25, 0.3) is 0 Å². The molecule has 0 aliphatic rings. The molecule has 0 heterocycles. The average Bonchev–Trinajstić information content (AvgIpc) is 2.82. The van der Waals surface area contributed by atoms with Gasteiger partial charge >= 0.3 is 5.97 Å². The summed E-state index contributed by atoms with van der Waals surface area (Å²) >= 11 is 3.96. The number of rotatable bonds is 15. The molecular weight excluding hydrogens is 486 g/mol. The van der Waals surface area contributed by atoms with Crippen LogP contribution in [0, 0.1) is 5.92 Å². The lowest BCUT2D eigenvalue weighted by atomic mass is 10.00. The number of aliphatic imine (C=N–C) groups is 1. The van der Waals surface area contributed by atoms with Crippen molar-refractivity contribution in [1.29, 1.82) is 0 Å². The van der Waals surface area contributed by atoms with Crippen LogP contribution in [0.5, 0.6) is 0 Å². The second kappa shape index (κ2) is 15.6. The van der Waals surface area contributed by atoms with Gasteiger partial charge in [-0.3, -0.25) is 19.4 Å². The van der Waals surface area contributed by atoms with Crippen LogP contribution in [-0.4, -0.2) is 71.2 Å². The molecule has 0 fully saturated rings. The van der Waals surface area contributed by atoms with Gasteiger partial charge in [-0.1, -0.05) is 44.2 Å². The Bertz CT molecular complexity index is 909. The maximum absolute atomic E-state index is 13.1. The minimum Gasteiger partial charge on any atom is -0.480 e. The fraction of sp³-hybridized carbons (Fsp3) is 0.522. The maximum atomic E-state index is 13.1. The molecule has 0 bridgehead atoms. The highest BCUT2D eigenvalue weighted by atomic mass is 32.1. The number of guanidine groups is 1. The molecule has 0 radical (unpaired) electrons. The number of hydrogen-bond donors (Lipinski definition) is 8. The summed E-state index contributed by atoms with van der Waals surface area (Å²) in [5.74, 6) is -3.56. The molecule has 0 saturated carbocycles. The number of carbonyl (C=O) groups is 4. The third kappa shape index (κ3) is 11.0. The van der Waals surface area contributed by atoms with Gasteiger partial charge in [-0.2, -0.15) is 12.6 Å². The summed E-state index contributed by atoms with van der Waals surface area (Å²) in [6.07, 6.45) is 0.884. The summed E-state index contributed by atoms with van der Waals surface area (Å²) in [5, 5.41) is 17.0. The summed E-state index contributed by atoms with van der Waals surface area (Å²) < 4.78 is 0. The van der Waals surface area contributed by atoms with Gasteiger partial charge < -0.3 is 38.3 Å². The van der Waals surface area contributed by atoms with Gasteiger partial charge in [0.25, 0.3) is 0 Å². The summed E-state index contributed by atoms with van der Waals surface area (Å²) in [7, 11) is 0. The molecule has 4 unspecified atom stereocenters. The van der Waals surface area contributed by atoms with Gasteiger partial charge in [0, 0.05) is 18.7 Å². The van der Waals surface area contributed by atoms with Crippen LogP contribution >= 0.6 is 12.6 Å². The van der Waals surface area contributed by atoms with Crippen LogP contribution in [0.1, 0.15) is 32.3 Å². The van der Waals surface area contributed by atoms with E-state index in [1.54, 1.807) is 38.1 Å². The normalized spacial score (nSPS) is 14.1. The van der Waals surface area contributed by atoms with Crippen molar-refractivity contribution in [3.8, 4) is 0 Å². The number of carboxylic acids is 1. The lowest BCUT2D eigenvalue weighted by Crippen LogP contribution is -2.59. The van der Waals surface area contributed by atoms with Crippen LogP contribution in [0.15, 0.2) is 35.3 Å². The molecule has 13 heteroatoms.